The van der Waals surface area contributed by atoms with Crippen LogP contribution in [0.5, 0.6) is 0 Å². The average molecular weight is 332 g/mol. The summed E-state index contributed by atoms with van der Waals surface area (Å²) in [5, 5.41) is 0. The van der Waals surface area contributed by atoms with Crippen molar-refractivity contribution in [1.82, 2.24) is 14.7 Å². The lowest BCUT2D eigenvalue weighted by Gasteiger charge is -2.36. The van der Waals surface area contributed by atoms with E-state index in [1.807, 2.05) is 49.1 Å². The fourth-order valence-corrected chi connectivity index (χ4v) is 2.99. The molecule has 6 nitrogen and oxygen atoms in total. The highest BCUT2D eigenvalue weighted by Crippen LogP contribution is 2.14. The molecule has 0 aliphatic carbocycles. The Bertz CT molecular complexity index is 537. The van der Waals surface area contributed by atoms with E-state index in [4.69, 9.17) is 5.73 Å². The predicted octanol–water partition coefficient (Wildman–Crippen LogP) is 0.699. The Morgan fingerprint density at radius 1 is 1.08 bits per heavy atom. The number of nitrogens with two attached hydrogens (primary N) is 1. The SMILES string of the molecule is CCN(CC)C(=O)CN1CCN(C(=O)C(N)c2ccccc2)CC1. The highest BCUT2D eigenvalue weighted by atomic mass is 16.2. The first-order valence-corrected chi connectivity index (χ1v) is 8.66. The first-order chi connectivity index (χ1) is 11.6. The Kier molecular flexibility index (Phi) is 6.75. The lowest BCUT2D eigenvalue weighted by atomic mass is 10.1. The minimum atomic E-state index is -0.616. The summed E-state index contributed by atoms with van der Waals surface area (Å²) < 4.78 is 0. The van der Waals surface area contributed by atoms with Crippen molar-refractivity contribution in [3.8, 4) is 0 Å². The second-order valence-corrected chi connectivity index (χ2v) is 6.06. The van der Waals surface area contributed by atoms with Gasteiger partial charge >= 0.3 is 0 Å². The van der Waals surface area contributed by atoms with Gasteiger partial charge in [-0.1, -0.05) is 30.3 Å². The Labute approximate surface area is 144 Å². The number of hydrogen-bond donors (Lipinski definition) is 1. The second kappa shape index (κ2) is 8.80. The first kappa shape index (κ1) is 18.4. The van der Waals surface area contributed by atoms with E-state index >= 15 is 0 Å². The third-order valence-electron chi connectivity index (χ3n) is 4.58. The van der Waals surface area contributed by atoms with Crippen molar-refractivity contribution in [2.24, 2.45) is 5.73 Å². The number of nitrogens with zero attached hydrogens (tertiary/aromatic N) is 3. The molecule has 1 atom stereocenters. The third-order valence-corrected chi connectivity index (χ3v) is 4.58. The van der Waals surface area contributed by atoms with Gasteiger partial charge in [-0.15, -0.1) is 0 Å². The van der Waals surface area contributed by atoms with Crippen molar-refractivity contribution in [3.05, 3.63) is 35.9 Å². The summed E-state index contributed by atoms with van der Waals surface area (Å²) in [6, 6.07) is 8.82. The van der Waals surface area contributed by atoms with Gasteiger partial charge in [-0.25, -0.2) is 0 Å². The smallest absolute Gasteiger partial charge is 0.244 e. The van der Waals surface area contributed by atoms with Crippen molar-refractivity contribution >= 4 is 11.8 Å². The minimum Gasteiger partial charge on any atom is -0.342 e. The Morgan fingerprint density at radius 3 is 2.21 bits per heavy atom. The molecule has 24 heavy (non-hydrogen) atoms. The summed E-state index contributed by atoms with van der Waals surface area (Å²) in [6.07, 6.45) is 0. The summed E-state index contributed by atoms with van der Waals surface area (Å²) >= 11 is 0. The summed E-state index contributed by atoms with van der Waals surface area (Å²) in [6.45, 7) is 8.52. The van der Waals surface area contributed by atoms with E-state index in [1.165, 1.54) is 0 Å². The van der Waals surface area contributed by atoms with Crippen molar-refractivity contribution < 1.29 is 9.59 Å². The first-order valence-electron chi connectivity index (χ1n) is 8.66. The van der Waals surface area contributed by atoms with E-state index in [-0.39, 0.29) is 11.8 Å². The zero-order chi connectivity index (χ0) is 17.5. The molecule has 2 N–H and O–H groups in total. The quantitative estimate of drug-likeness (QED) is 0.832. The van der Waals surface area contributed by atoms with Crippen LogP contribution < -0.4 is 5.73 Å². The number of hydrogen-bond acceptors (Lipinski definition) is 4. The van der Waals surface area contributed by atoms with Crippen LogP contribution in [0.1, 0.15) is 25.5 Å². The molecule has 2 rings (SSSR count). The molecule has 6 heteroatoms. The number of benzene rings is 1. The topological polar surface area (TPSA) is 69.9 Å². The van der Waals surface area contributed by atoms with E-state index < -0.39 is 6.04 Å². The number of rotatable bonds is 6. The molecule has 0 saturated carbocycles. The number of piperazine rings is 1. The van der Waals surface area contributed by atoms with Crippen LogP contribution in [0.3, 0.4) is 0 Å². The fraction of sp³-hybridized carbons (Fsp3) is 0.556. The van der Waals surface area contributed by atoms with E-state index in [0.29, 0.717) is 32.7 Å². The Morgan fingerprint density at radius 2 is 1.67 bits per heavy atom. The number of amides is 2. The summed E-state index contributed by atoms with van der Waals surface area (Å²) in [5.74, 6) is 0.108. The molecule has 1 heterocycles. The van der Waals surface area contributed by atoms with Crippen LogP contribution in [0.25, 0.3) is 0 Å². The third kappa shape index (κ3) is 4.55. The lowest BCUT2D eigenvalue weighted by Crippen LogP contribution is -2.53. The maximum Gasteiger partial charge on any atom is 0.244 e. The number of likely N-dealkylation sites (N-methyl/N-ethyl adjacent to an activating group) is 1. The number of carbonyl (C=O) groups is 2. The molecule has 2 amide bonds. The van der Waals surface area contributed by atoms with Crippen LogP contribution in [-0.2, 0) is 9.59 Å². The van der Waals surface area contributed by atoms with Crippen LogP contribution in [0.15, 0.2) is 30.3 Å². The van der Waals surface area contributed by atoms with E-state index in [9.17, 15) is 9.59 Å². The van der Waals surface area contributed by atoms with Crippen LogP contribution in [0.2, 0.25) is 0 Å². The van der Waals surface area contributed by atoms with Gasteiger partial charge in [-0.3, -0.25) is 14.5 Å². The van der Waals surface area contributed by atoms with Crippen LogP contribution in [0.4, 0.5) is 0 Å². The normalized spacial score (nSPS) is 16.7. The molecule has 1 saturated heterocycles. The summed E-state index contributed by atoms with van der Waals surface area (Å²) in [5.41, 5.74) is 6.93. The van der Waals surface area contributed by atoms with Crippen LogP contribution in [-0.4, -0.2) is 72.3 Å². The predicted molar refractivity (Wildman–Crippen MR) is 94.3 cm³/mol. The zero-order valence-electron chi connectivity index (χ0n) is 14.6. The van der Waals surface area contributed by atoms with Gasteiger partial charge in [-0.2, -0.15) is 0 Å². The molecule has 1 aliphatic heterocycles. The van der Waals surface area contributed by atoms with Crippen molar-refractivity contribution in [2.75, 3.05) is 45.8 Å². The molecule has 0 radical (unpaired) electrons. The maximum atomic E-state index is 12.5. The standard InChI is InChI=1S/C18H28N4O2/c1-3-21(4-2)16(23)14-20-10-12-22(13-11-20)18(24)17(19)15-8-6-5-7-9-15/h5-9,17H,3-4,10-14,19H2,1-2H3. The van der Waals surface area contributed by atoms with Gasteiger partial charge in [0.25, 0.3) is 0 Å². The van der Waals surface area contributed by atoms with E-state index in [0.717, 1.165) is 18.7 Å². The van der Waals surface area contributed by atoms with Crippen LogP contribution >= 0.6 is 0 Å². The molecule has 0 spiro atoms. The fourth-order valence-electron chi connectivity index (χ4n) is 2.99. The lowest BCUT2D eigenvalue weighted by molar-refractivity contribution is -0.136. The Balaban J connectivity index is 1.84. The molecule has 1 unspecified atom stereocenters. The Hall–Kier alpha value is -1.92. The van der Waals surface area contributed by atoms with Gasteiger partial charge in [0, 0.05) is 39.3 Å². The monoisotopic (exact) mass is 332 g/mol. The van der Waals surface area contributed by atoms with Crippen molar-refractivity contribution in [3.63, 3.8) is 0 Å². The molecule has 132 valence electrons. The maximum absolute atomic E-state index is 12.5. The largest absolute Gasteiger partial charge is 0.342 e. The van der Waals surface area contributed by atoms with Crippen molar-refractivity contribution in [1.29, 1.82) is 0 Å². The average Bonchev–Trinajstić information content (AvgIpc) is 2.63. The minimum absolute atomic E-state index is 0.0454. The van der Waals surface area contributed by atoms with E-state index in [1.54, 1.807) is 4.90 Å². The highest BCUT2D eigenvalue weighted by Gasteiger charge is 2.27. The molecule has 1 fully saturated rings. The zero-order valence-corrected chi connectivity index (χ0v) is 14.6. The molecular weight excluding hydrogens is 304 g/mol. The molecular formula is C18H28N4O2. The van der Waals surface area contributed by atoms with Gasteiger partial charge in [0.05, 0.1) is 6.54 Å². The van der Waals surface area contributed by atoms with Gasteiger partial charge in [-0.05, 0) is 19.4 Å². The van der Waals surface area contributed by atoms with E-state index in [2.05, 4.69) is 4.90 Å². The van der Waals surface area contributed by atoms with Gasteiger partial charge in [0.1, 0.15) is 6.04 Å². The highest BCUT2D eigenvalue weighted by molar-refractivity contribution is 5.83. The molecule has 0 aromatic heterocycles. The molecule has 1 aromatic rings. The second-order valence-electron chi connectivity index (χ2n) is 6.06. The van der Waals surface area contributed by atoms with Gasteiger partial charge in [0.2, 0.25) is 11.8 Å². The van der Waals surface area contributed by atoms with Gasteiger partial charge < -0.3 is 15.5 Å². The number of carbonyl (C=O) groups excluding carboxylic acids is 2. The molecule has 0 bridgehead atoms. The van der Waals surface area contributed by atoms with Gasteiger partial charge in [0.15, 0.2) is 0 Å². The molecule has 1 aromatic carbocycles. The summed E-state index contributed by atoms with van der Waals surface area (Å²) in [4.78, 5) is 30.4. The summed E-state index contributed by atoms with van der Waals surface area (Å²) in [7, 11) is 0. The van der Waals surface area contributed by atoms with Crippen LogP contribution in [0, 0.1) is 0 Å². The molecule has 1 aliphatic rings. The van der Waals surface area contributed by atoms with Crippen molar-refractivity contribution in [2.45, 2.75) is 19.9 Å².